The Morgan fingerprint density at radius 2 is 2.24 bits per heavy atom. The first-order chi connectivity index (χ1) is 8.11. The summed E-state index contributed by atoms with van der Waals surface area (Å²) in [5.41, 5.74) is 0.545. The highest BCUT2D eigenvalue weighted by atomic mass is 32.2. The van der Waals surface area contributed by atoms with E-state index in [0.29, 0.717) is 5.41 Å². The van der Waals surface area contributed by atoms with E-state index >= 15 is 0 Å². The van der Waals surface area contributed by atoms with Gasteiger partial charge < -0.3 is 5.32 Å². The van der Waals surface area contributed by atoms with Crippen LogP contribution in [0, 0.1) is 11.3 Å². The van der Waals surface area contributed by atoms with E-state index in [1.54, 1.807) is 0 Å². The fraction of sp³-hybridized carbons (Fsp3) is 1.00. The van der Waals surface area contributed by atoms with Crippen molar-refractivity contribution in [3.05, 3.63) is 0 Å². The van der Waals surface area contributed by atoms with E-state index in [4.69, 9.17) is 0 Å². The number of nitrogens with one attached hydrogen (secondary N) is 1. The minimum Gasteiger partial charge on any atom is -0.319 e. The summed E-state index contributed by atoms with van der Waals surface area (Å²) in [5, 5.41) is 3.35. The second-order valence-corrected chi connectivity index (χ2v) is 7.63. The normalized spacial score (nSPS) is 34.8. The maximum atomic E-state index is 3.35. The van der Waals surface area contributed by atoms with Crippen LogP contribution in [0.1, 0.15) is 33.1 Å². The molecular formula is C14H28N2S. The van der Waals surface area contributed by atoms with Crippen molar-refractivity contribution in [1.82, 2.24) is 10.2 Å². The molecule has 17 heavy (non-hydrogen) atoms. The van der Waals surface area contributed by atoms with Crippen LogP contribution in [0.4, 0.5) is 0 Å². The Labute approximate surface area is 111 Å². The third kappa shape index (κ3) is 3.87. The lowest BCUT2D eigenvalue weighted by Crippen LogP contribution is -2.49. The molecule has 0 aliphatic carbocycles. The molecule has 0 aromatic heterocycles. The molecule has 2 nitrogen and oxygen atoms in total. The lowest BCUT2D eigenvalue weighted by molar-refractivity contribution is 0.104. The Morgan fingerprint density at radius 3 is 2.94 bits per heavy atom. The van der Waals surface area contributed by atoms with Gasteiger partial charge in [0.15, 0.2) is 0 Å². The molecule has 2 aliphatic heterocycles. The second kappa shape index (κ2) is 5.94. The first kappa shape index (κ1) is 13.7. The maximum Gasteiger partial charge on any atom is 0.0191 e. The molecule has 0 aromatic rings. The molecule has 0 aromatic carbocycles. The summed E-state index contributed by atoms with van der Waals surface area (Å²) >= 11 is 2.16. The van der Waals surface area contributed by atoms with Gasteiger partial charge in [-0.3, -0.25) is 4.90 Å². The molecule has 2 fully saturated rings. The van der Waals surface area contributed by atoms with Crippen LogP contribution in [0.2, 0.25) is 0 Å². The summed E-state index contributed by atoms with van der Waals surface area (Å²) in [7, 11) is 2.08. The molecular weight excluding hydrogens is 228 g/mol. The van der Waals surface area contributed by atoms with Crippen molar-refractivity contribution in [3.8, 4) is 0 Å². The Hall–Kier alpha value is 0.270. The molecule has 0 bridgehead atoms. The first-order valence-corrected chi connectivity index (χ1v) is 8.22. The van der Waals surface area contributed by atoms with E-state index in [1.807, 2.05) is 0 Å². The number of thioether (sulfide) groups is 1. The van der Waals surface area contributed by atoms with E-state index in [9.17, 15) is 0 Å². The molecule has 2 saturated heterocycles. The third-order valence-electron chi connectivity index (χ3n) is 4.15. The zero-order valence-electron chi connectivity index (χ0n) is 11.7. The van der Waals surface area contributed by atoms with Crippen LogP contribution in [0.3, 0.4) is 0 Å². The quantitative estimate of drug-likeness (QED) is 0.835. The average Bonchev–Trinajstić information content (AvgIpc) is 2.28. The molecule has 2 unspecified atom stereocenters. The Morgan fingerprint density at radius 1 is 1.41 bits per heavy atom. The van der Waals surface area contributed by atoms with Gasteiger partial charge in [-0.15, -0.1) is 0 Å². The van der Waals surface area contributed by atoms with Crippen molar-refractivity contribution in [2.24, 2.45) is 11.3 Å². The molecule has 2 aliphatic rings. The summed E-state index contributed by atoms with van der Waals surface area (Å²) in [6.45, 7) is 8.71. The monoisotopic (exact) mass is 256 g/mol. The molecule has 0 amide bonds. The van der Waals surface area contributed by atoms with Crippen LogP contribution < -0.4 is 5.32 Å². The maximum absolute atomic E-state index is 3.35. The summed E-state index contributed by atoms with van der Waals surface area (Å²) in [5.74, 6) is 3.58. The van der Waals surface area contributed by atoms with Gasteiger partial charge in [0.25, 0.3) is 0 Å². The van der Waals surface area contributed by atoms with Gasteiger partial charge in [-0.2, -0.15) is 11.8 Å². The lowest BCUT2D eigenvalue weighted by atomic mass is 9.86. The molecule has 1 N–H and O–H groups in total. The van der Waals surface area contributed by atoms with E-state index in [-0.39, 0.29) is 0 Å². The number of piperidine rings is 1. The summed E-state index contributed by atoms with van der Waals surface area (Å²) in [6.07, 6.45) is 4.21. The predicted octanol–water partition coefficient (Wildman–Crippen LogP) is 2.45. The predicted molar refractivity (Wildman–Crippen MR) is 77.7 cm³/mol. The SMILES string of the molecule is CNCC1CCCN(C2CSCC(C)(C)C2)C1. The Bertz CT molecular complexity index is 240. The van der Waals surface area contributed by atoms with Gasteiger partial charge in [0.1, 0.15) is 0 Å². The van der Waals surface area contributed by atoms with Crippen molar-refractivity contribution in [2.45, 2.75) is 39.2 Å². The van der Waals surface area contributed by atoms with E-state index < -0.39 is 0 Å². The summed E-state index contributed by atoms with van der Waals surface area (Å²) in [4.78, 5) is 2.78. The number of nitrogens with zero attached hydrogens (tertiary/aromatic N) is 1. The molecule has 2 rings (SSSR count). The Balaban J connectivity index is 1.88. The molecule has 0 spiro atoms. The molecule has 0 radical (unpaired) electrons. The lowest BCUT2D eigenvalue weighted by Gasteiger charge is -2.44. The second-order valence-electron chi connectivity index (χ2n) is 6.60. The fourth-order valence-corrected chi connectivity index (χ4v) is 4.73. The third-order valence-corrected chi connectivity index (χ3v) is 5.76. The highest BCUT2D eigenvalue weighted by Crippen LogP contribution is 2.36. The summed E-state index contributed by atoms with van der Waals surface area (Å²) in [6, 6.07) is 0.836. The first-order valence-electron chi connectivity index (χ1n) is 7.07. The van der Waals surface area contributed by atoms with E-state index in [2.05, 4.69) is 42.9 Å². The van der Waals surface area contributed by atoms with Crippen LogP contribution in [0.15, 0.2) is 0 Å². The van der Waals surface area contributed by atoms with Gasteiger partial charge in [-0.1, -0.05) is 13.8 Å². The van der Waals surface area contributed by atoms with Crippen molar-refractivity contribution in [1.29, 1.82) is 0 Å². The average molecular weight is 256 g/mol. The molecule has 0 saturated carbocycles. The van der Waals surface area contributed by atoms with E-state index in [0.717, 1.165) is 12.0 Å². The van der Waals surface area contributed by atoms with Crippen LogP contribution >= 0.6 is 11.8 Å². The van der Waals surface area contributed by atoms with Crippen LogP contribution in [0.25, 0.3) is 0 Å². The van der Waals surface area contributed by atoms with Crippen molar-refractivity contribution in [3.63, 3.8) is 0 Å². The standard InChI is InChI=1S/C14H28N2S/c1-14(2)7-13(10-17-11-14)16-6-4-5-12(9-16)8-15-3/h12-13,15H,4-11H2,1-3H3. The van der Waals surface area contributed by atoms with Crippen LogP contribution in [-0.4, -0.2) is 49.1 Å². The van der Waals surface area contributed by atoms with E-state index in [1.165, 1.54) is 50.4 Å². The molecule has 2 atom stereocenters. The van der Waals surface area contributed by atoms with Gasteiger partial charge in [0.2, 0.25) is 0 Å². The summed E-state index contributed by atoms with van der Waals surface area (Å²) < 4.78 is 0. The van der Waals surface area contributed by atoms with Crippen LogP contribution in [-0.2, 0) is 0 Å². The highest BCUT2D eigenvalue weighted by Gasteiger charge is 2.33. The zero-order valence-corrected chi connectivity index (χ0v) is 12.5. The van der Waals surface area contributed by atoms with Crippen molar-refractivity contribution >= 4 is 11.8 Å². The number of rotatable bonds is 3. The Kier molecular flexibility index (Phi) is 4.79. The smallest absolute Gasteiger partial charge is 0.0191 e. The van der Waals surface area contributed by atoms with Crippen molar-refractivity contribution < 1.29 is 0 Å². The van der Waals surface area contributed by atoms with Gasteiger partial charge in [-0.05, 0) is 56.5 Å². The van der Waals surface area contributed by atoms with Gasteiger partial charge >= 0.3 is 0 Å². The molecule has 100 valence electrons. The minimum atomic E-state index is 0.545. The van der Waals surface area contributed by atoms with Crippen molar-refractivity contribution in [2.75, 3.05) is 38.2 Å². The topological polar surface area (TPSA) is 15.3 Å². The van der Waals surface area contributed by atoms with Gasteiger partial charge in [-0.25, -0.2) is 0 Å². The fourth-order valence-electron chi connectivity index (χ4n) is 3.35. The number of likely N-dealkylation sites (tertiary alicyclic amines) is 1. The largest absolute Gasteiger partial charge is 0.319 e. The number of hydrogen-bond acceptors (Lipinski definition) is 3. The molecule has 2 heterocycles. The van der Waals surface area contributed by atoms with Gasteiger partial charge in [0, 0.05) is 18.3 Å². The number of hydrogen-bond donors (Lipinski definition) is 1. The van der Waals surface area contributed by atoms with Gasteiger partial charge in [0.05, 0.1) is 0 Å². The minimum absolute atomic E-state index is 0.545. The van der Waals surface area contributed by atoms with Crippen LogP contribution in [0.5, 0.6) is 0 Å². The highest BCUT2D eigenvalue weighted by molar-refractivity contribution is 7.99. The zero-order chi connectivity index (χ0) is 12.3. The molecule has 3 heteroatoms.